The van der Waals surface area contributed by atoms with Crippen LogP contribution in [0.3, 0.4) is 0 Å². The van der Waals surface area contributed by atoms with Crippen LogP contribution in [0.15, 0.2) is 48.5 Å². The molecule has 0 unspecified atom stereocenters. The highest BCUT2D eigenvalue weighted by molar-refractivity contribution is 6.32. The van der Waals surface area contributed by atoms with E-state index in [0.717, 1.165) is 30.0 Å². The van der Waals surface area contributed by atoms with Gasteiger partial charge in [0.1, 0.15) is 5.75 Å². The van der Waals surface area contributed by atoms with Gasteiger partial charge in [0.05, 0.1) is 30.3 Å². The highest BCUT2D eigenvalue weighted by Crippen LogP contribution is 2.41. The van der Waals surface area contributed by atoms with Gasteiger partial charge >= 0.3 is 12.1 Å². The van der Waals surface area contributed by atoms with Gasteiger partial charge in [0.15, 0.2) is 5.69 Å². The Morgan fingerprint density at radius 2 is 1.97 bits per heavy atom. The number of alkyl halides is 3. The molecule has 34 heavy (non-hydrogen) atoms. The average molecular weight is 493 g/mol. The maximum absolute atomic E-state index is 13.3. The first-order chi connectivity index (χ1) is 16.3. The molecule has 9 heteroatoms. The Morgan fingerprint density at radius 3 is 2.68 bits per heavy atom. The molecule has 1 aliphatic carbocycles. The molecule has 5 nitrogen and oxygen atoms in total. The second-order valence-corrected chi connectivity index (χ2v) is 8.50. The van der Waals surface area contributed by atoms with Crippen molar-refractivity contribution in [1.29, 1.82) is 0 Å². The topological polar surface area (TPSA) is 53.4 Å². The summed E-state index contributed by atoms with van der Waals surface area (Å²) < 4.78 is 52.0. The lowest BCUT2D eigenvalue weighted by Crippen LogP contribution is -2.09. The number of benzene rings is 2. The molecule has 2 aromatic carbocycles. The Labute approximate surface area is 200 Å². The van der Waals surface area contributed by atoms with Crippen LogP contribution in [-0.2, 0) is 28.5 Å². The van der Waals surface area contributed by atoms with Crippen LogP contribution in [0, 0.1) is 0 Å². The number of ether oxygens (including phenoxy) is 2. The smallest absolute Gasteiger partial charge is 0.435 e. The van der Waals surface area contributed by atoms with Gasteiger partial charge in [0.2, 0.25) is 0 Å². The number of fused-ring (bicyclic) bond motifs is 1. The zero-order chi connectivity index (χ0) is 24.3. The summed E-state index contributed by atoms with van der Waals surface area (Å²) in [5.41, 5.74) is 2.04. The van der Waals surface area contributed by atoms with Crippen LogP contribution in [-0.4, -0.2) is 29.0 Å². The number of hydrogen-bond acceptors (Lipinski definition) is 4. The molecule has 0 saturated carbocycles. The molecule has 0 amide bonds. The van der Waals surface area contributed by atoms with Gasteiger partial charge < -0.3 is 9.47 Å². The van der Waals surface area contributed by atoms with Crippen molar-refractivity contribution in [3.8, 4) is 11.4 Å². The summed E-state index contributed by atoms with van der Waals surface area (Å²) in [6, 6.07) is 13.4. The van der Waals surface area contributed by atoms with Crippen molar-refractivity contribution >= 4 is 17.6 Å². The van der Waals surface area contributed by atoms with Gasteiger partial charge in [-0.3, -0.25) is 4.79 Å². The third-order valence-corrected chi connectivity index (χ3v) is 6.10. The number of carbonyl (C=O) groups is 1. The number of aryl methyl sites for hydroxylation is 1. The molecule has 4 rings (SSSR count). The maximum atomic E-state index is 13.3. The molecule has 1 aromatic heterocycles. The van der Waals surface area contributed by atoms with Crippen molar-refractivity contribution < 1.29 is 27.4 Å². The largest absolute Gasteiger partial charge is 0.492 e. The van der Waals surface area contributed by atoms with Crippen molar-refractivity contribution in [2.75, 3.05) is 13.2 Å². The van der Waals surface area contributed by atoms with Crippen LogP contribution < -0.4 is 4.74 Å². The van der Waals surface area contributed by atoms with Crippen LogP contribution in [0.25, 0.3) is 5.69 Å². The lowest BCUT2D eigenvalue weighted by molar-refractivity contribution is -0.143. The number of rotatable bonds is 8. The standard InChI is InChI=1S/C25H24ClF3N2O3/c1-2-33-24(32)13-17-9-8-16-12-22(21(26)15-20(16)17)34-11-10-19-14-23(25(27,28)29)30-31(19)18-6-4-3-5-7-18/h3-7,12,14-15,17H,2,8-11,13H2,1H3/t17-/m0/s1. The van der Waals surface area contributed by atoms with Gasteiger partial charge in [-0.2, -0.15) is 18.3 Å². The van der Waals surface area contributed by atoms with E-state index in [-0.39, 0.29) is 24.9 Å². The third-order valence-electron chi connectivity index (χ3n) is 5.80. The molecule has 1 atom stereocenters. The fourth-order valence-electron chi connectivity index (χ4n) is 4.23. The van der Waals surface area contributed by atoms with Gasteiger partial charge in [0.25, 0.3) is 0 Å². The first kappa shape index (κ1) is 24.1. The predicted molar refractivity (Wildman–Crippen MR) is 122 cm³/mol. The quantitative estimate of drug-likeness (QED) is 0.354. The molecule has 180 valence electrons. The summed E-state index contributed by atoms with van der Waals surface area (Å²) >= 11 is 6.44. The minimum absolute atomic E-state index is 0.0570. The van der Waals surface area contributed by atoms with Crippen molar-refractivity contribution in [2.45, 2.75) is 44.7 Å². The fraction of sp³-hybridized carbons (Fsp3) is 0.360. The number of esters is 1. The van der Waals surface area contributed by atoms with Crippen LogP contribution in [0.4, 0.5) is 13.2 Å². The molecule has 1 heterocycles. The monoisotopic (exact) mass is 492 g/mol. The van der Waals surface area contributed by atoms with Crippen LogP contribution in [0.5, 0.6) is 5.75 Å². The van der Waals surface area contributed by atoms with E-state index < -0.39 is 11.9 Å². The van der Waals surface area contributed by atoms with Gasteiger partial charge in [0, 0.05) is 12.1 Å². The molecule has 0 N–H and O–H groups in total. The molecule has 1 aliphatic rings. The Balaban J connectivity index is 1.47. The summed E-state index contributed by atoms with van der Waals surface area (Å²) in [7, 11) is 0. The molecule has 0 fully saturated rings. The first-order valence-electron chi connectivity index (χ1n) is 11.1. The van der Waals surface area contributed by atoms with E-state index in [1.54, 1.807) is 37.3 Å². The van der Waals surface area contributed by atoms with Crippen LogP contribution in [0.2, 0.25) is 5.02 Å². The van der Waals surface area contributed by atoms with Gasteiger partial charge in [-0.1, -0.05) is 29.8 Å². The van der Waals surface area contributed by atoms with Gasteiger partial charge in [-0.05, 0) is 67.1 Å². The Kier molecular flexibility index (Phi) is 7.16. The molecule has 0 spiro atoms. The van der Waals surface area contributed by atoms with E-state index in [9.17, 15) is 18.0 Å². The lowest BCUT2D eigenvalue weighted by atomic mass is 9.98. The molecule has 0 saturated heterocycles. The fourth-order valence-corrected chi connectivity index (χ4v) is 4.46. The number of hydrogen-bond donors (Lipinski definition) is 0. The Morgan fingerprint density at radius 1 is 1.21 bits per heavy atom. The molecule has 0 aliphatic heterocycles. The number of para-hydroxylation sites is 1. The molecular weight excluding hydrogens is 469 g/mol. The lowest BCUT2D eigenvalue weighted by Gasteiger charge is -2.14. The number of carbonyl (C=O) groups excluding carboxylic acids is 1. The van der Waals surface area contributed by atoms with Gasteiger partial charge in [-0.25, -0.2) is 4.68 Å². The first-order valence-corrected chi connectivity index (χ1v) is 11.5. The van der Waals surface area contributed by atoms with Crippen LogP contribution >= 0.6 is 11.6 Å². The minimum Gasteiger partial charge on any atom is -0.492 e. The molecule has 3 aromatic rings. The van der Waals surface area contributed by atoms with E-state index in [2.05, 4.69) is 5.10 Å². The highest BCUT2D eigenvalue weighted by Gasteiger charge is 2.35. The summed E-state index contributed by atoms with van der Waals surface area (Å²) in [6.45, 7) is 2.25. The molecule has 0 bridgehead atoms. The summed E-state index contributed by atoms with van der Waals surface area (Å²) in [6.07, 6.45) is -2.41. The number of aromatic nitrogens is 2. The summed E-state index contributed by atoms with van der Waals surface area (Å²) in [5.74, 6) is 0.297. The molecular formula is C25H24ClF3N2O3. The number of nitrogens with zero attached hydrogens (tertiary/aromatic N) is 2. The van der Waals surface area contributed by atoms with E-state index in [1.165, 1.54) is 4.68 Å². The van der Waals surface area contributed by atoms with Crippen molar-refractivity contribution in [3.05, 3.63) is 76.1 Å². The van der Waals surface area contributed by atoms with E-state index in [1.807, 2.05) is 12.1 Å². The van der Waals surface area contributed by atoms with E-state index in [4.69, 9.17) is 21.1 Å². The highest BCUT2D eigenvalue weighted by atomic mass is 35.5. The molecule has 0 radical (unpaired) electrons. The van der Waals surface area contributed by atoms with Crippen molar-refractivity contribution in [2.24, 2.45) is 0 Å². The van der Waals surface area contributed by atoms with E-state index in [0.29, 0.717) is 35.2 Å². The average Bonchev–Trinajstić information content (AvgIpc) is 3.39. The van der Waals surface area contributed by atoms with Crippen molar-refractivity contribution in [3.63, 3.8) is 0 Å². The normalized spacial score (nSPS) is 15.3. The van der Waals surface area contributed by atoms with Gasteiger partial charge in [-0.15, -0.1) is 0 Å². The minimum atomic E-state index is -4.54. The Hall–Kier alpha value is -3.00. The third kappa shape index (κ3) is 5.38. The SMILES string of the molecule is CCOC(=O)C[C@@H]1CCc2cc(OCCc3cc(C(F)(F)F)nn3-c3ccccc3)c(Cl)cc21. The summed E-state index contributed by atoms with van der Waals surface area (Å²) in [5, 5.41) is 4.16. The van der Waals surface area contributed by atoms with Crippen molar-refractivity contribution in [1.82, 2.24) is 9.78 Å². The maximum Gasteiger partial charge on any atom is 0.435 e. The number of halogens is 4. The van der Waals surface area contributed by atoms with Crippen LogP contribution in [0.1, 0.15) is 48.2 Å². The zero-order valence-electron chi connectivity index (χ0n) is 18.6. The second-order valence-electron chi connectivity index (χ2n) is 8.09. The summed E-state index contributed by atoms with van der Waals surface area (Å²) in [4.78, 5) is 11.9. The Bertz CT molecular complexity index is 1160. The van der Waals surface area contributed by atoms with E-state index >= 15 is 0 Å². The second kappa shape index (κ2) is 10.1. The zero-order valence-corrected chi connectivity index (χ0v) is 19.3. The predicted octanol–water partition coefficient (Wildman–Crippen LogP) is 6.15.